The number of para-hydroxylation sites is 1. The van der Waals surface area contributed by atoms with E-state index in [1.165, 1.54) is 32.0 Å². The first-order valence-electron chi connectivity index (χ1n) is 5.46. The Labute approximate surface area is 109 Å². The number of amides is 2. The maximum atomic E-state index is 11.7. The number of anilines is 1. The number of rotatable bonds is 4. The summed E-state index contributed by atoms with van der Waals surface area (Å²) in [6.45, 7) is 2.74. The lowest BCUT2D eigenvalue weighted by atomic mass is 10.1. The lowest BCUT2D eigenvalue weighted by molar-refractivity contribution is -0.124. The monoisotopic (exact) mass is 266 g/mol. The third kappa shape index (κ3) is 3.70. The van der Waals surface area contributed by atoms with Crippen LogP contribution in [0, 0.1) is 0 Å². The van der Waals surface area contributed by atoms with Gasteiger partial charge in [0, 0.05) is 6.92 Å². The van der Waals surface area contributed by atoms with Crippen LogP contribution in [0.1, 0.15) is 24.2 Å². The number of carbonyl (C=O) groups is 3. The second-order valence-electron chi connectivity index (χ2n) is 3.92. The van der Waals surface area contributed by atoms with E-state index in [-0.39, 0.29) is 17.2 Å². The van der Waals surface area contributed by atoms with E-state index in [4.69, 9.17) is 5.11 Å². The van der Waals surface area contributed by atoms with Gasteiger partial charge in [-0.3, -0.25) is 9.59 Å². The summed E-state index contributed by atoms with van der Waals surface area (Å²) in [5, 5.41) is 23.2. The Morgan fingerprint density at radius 1 is 1.26 bits per heavy atom. The molecule has 0 aromatic heterocycles. The minimum atomic E-state index is -1.30. The third-order valence-electron chi connectivity index (χ3n) is 2.34. The molecule has 1 atom stereocenters. The first-order valence-corrected chi connectivity index (χ1v) is 5.46. The van der Waals surface area contributed by atoms with Gasteiger partial charge in [0.05, 0.1) is 5.69 Å². The quantitative estimate of drug-likeness (QED) is 0.594. The van der Waals surface area contributed by atoms with Crippen molar-refractivity contribution < 1.29 is 24.6 Å². The molecule has 0 fully saturated rings. The van der Waals surface area contributed by atoms with Crippen molar-refractivity contribution in [2.24, 2.45) is 0 Å². The number of aromatic hydroxyl groups is 1. The van der Waals surface area contributed by atoms with Crippen LogP contribution in [0.25, 0.3) is 0 Å². The molecule has 0 bridgehead atoms. The van der Waals surface area contributed by atoms with Gasteiger partial charge in [0.15, 0.2) is 5.75 Å². The summed E-state index contributed by atoms with van der Waals surface area (Å²) in [5.41, 5.74) is -0.341. The zero-order valence-electron chi connectivity index (χ0n) is 10.4. The number of benzene rings is 1. The van der Waals surface area contributed by atoms with Crippen molar-refractivity contribution >= 4 is 23.5 Å². The number of hydrogen-bond donors (Lipinski definition) is 4. The molecule has 0 aliphatic heterocycles. The van der Waals surface area contributed by atoms with Crippen LogP contribution < -0.4 is 10.6 Å². The summed E-state index contributed by atoms with van der Waals surface area (Å²) in [7, 11) is 0. The van der Waals surface area contributed by atoms with Crippen molar-refractivity contribution in [3.63, 3.8) is 0 Å². The molecule has 1 aromatic carbocycles. The minimum absolute atomic E-state index is 0.0258. The van der Waals surface area contributed by atoms with Gasteiger partial charge in [-0.1, -0.05) is 6.07 Å². The molecule has 0 spiro atoms. The van der Waals surface area contributed by atoms with Crippen LogP contribution in [-0.2, 0) is 9.59 Å². The Morgan fingerprint density at radius 2 is 1.89 bits per heavy atom. The molecule has 0 saturated carbocycles. The van der Waals surface area contributed by atoms with Crippen LogP contribution in [0.5, 0.6) is 5.75 Å². The molecule has 7 heteroatoms. The van der Waals surface area contributed by atoms with E-state index in [9.17, 15) is 19.5 Å². The largest absolute Gasteiger partial charge is 0.505 e. The topological polar surface area (TPSA) is 116 Å². The van der Waals surface area contributed by atoms with Gasteiger partial charge in [0.2, 0.25) is 11.8 Å². The molecule has 0 aliphatic rings. The maximum absolute atomic E-state index is 11.7. The standard InChI is InChI=1S/C12H14N2O5/c1-6(13-7(2)15)11(17)14-9-5-3-4-8(10(9)16)12(18)19/h3-6,16H,1-2H3,(H,13,15)(H,14,17)(H,18,19). The van der Waals surface area contributed by atoms with Crippen LogP contribution in [0.3, 0.4) is 0 Å². The SMILES string of the molecule is CC(=O)NC(C)C(=O)Nc1cccc(C(=O)O)c1O. The Balaban J connectivity index is 2.88. The van der Waals surface area contributed by atoms with Gasteiger partial charge < -0.3 is 20.8 Å². The van der Waals surface area contributed by atoms with Gasteiger partial charge in [0.25, 0.3) is 0 Å². The van der Waals surface area contributed by atoms with Crippen molar-refractivity contribution in [1.82, 2.24) is 5.32 Å². The normalized spacial score (nSPS) is 11.5. The summed E-state index contributed by atoms with van der Waals surface area (Å²) >= 11 is 0. The van der Waals surface area contributed by atoms with Crippen molar-refractivity contribution in [1.29, 1.82) is 0 Å². The summed E-state index contributed by atoms with van der Waals surface area (Å²) in [4.78, 5) is 33.3. The van der Waals surface area contributed by atoms with Crippen LogP contribution in [0.2, 0.25) is 0 Å². The first-order chi connectivity index (χ1) is 8.82. The average Bonchev–Trinajstić information content (AvgIpc) is 2.30. The number of aromatic carboxylic acids is 1. The van der Waals surface area contributed by atoms with Crippen molar-refractivity contribution in [3.05, 3.63) is 23.8 Å². The van der Waals surface area contributed by atoms with Crippen molar-refractivity contribution in [2.45, 2.75) is 19.9 Å². The number of carboxylic acid groups (broad SMARTS) is 1. The lowest BCUT2D eigenvalue weighted by Gasteiger charge is -2.14. The van der Waals surface area contributed by atoms with Gasteiger partial charge in [0.1, 0.15) is 11.6 Å². The number of phenols is 1. The highest BCUT2D eigenvalue weighted by Crippen LogP contribution is 2.27. The highest BCUT2D eigenvalue weighted by atomic mass is 16.4. The molecular formula is C12H14N2O5. The molecule has 0 saturated heterocycles. The molecule has 19 heavy (non-hydrogen) atoms. The summed E-state index contributed by atoms with van der Waals surface area (Å²) < 4.78 is 0. The number of carbonyl (C=O) groups excluding carboxylic acids is 2. The van der Waals surface area contributed by atoms with E-state index in [0.29, 0.717) is 0 Å². The predicted molar refractivity (Wildman–Crippen MR) is 67.0 cm³/mol. The van der Waals surface area contributed by atoms with Gasteiger partial charge in [-0.25, -0.2) is 4.79 Å². The van der Waals surface area contributed by atoms with E-state index in [1.807, 2.05) is 0 Å². The van der Waals surface area contributed by atoms with Crippen molar-refractivity contribution in [3.8, 4) is 5.75 Å². The second-order valence-corrected chi connectivity index (χ2v) is 3.92. The zero-order chi connectivity index (χ0) is 14.6. The van der Waals surface area contributed by atoms with E-state index in [0.717, 1.165) is 0 Å². The van der Waals surface area contributed by atoms with Gasteiger partial charge in [-0.2, -0.15) is 0 Å². The zero-order valence-corrected chi connectivity index (χ0v) is 10.4. The molecular weight excluding hydrogens is 252 g/mol. The fourth-order valence-corrected chi connectivity index (χ4v) is 1.43. The van der Waals surface area contributed by atoms with Crippen LogP contribution in [-0.4, -0.2) is 34.0 Å². The van der Waals surface area contributed by atoms with Crippen molar-refractivity contribution in [2.75, 3.05) is 5.32 Å². The maximum Gasteiger partial charge on any atom is 0.339 e. The van der Waals surface area contributed by atoms with Crippen LogP contribution >= 0.6 is 0 Å². The fraction of sp³-hybridized carbons (Fsp3) is 0.250. The minimum Gasteiger partial charge on any atom is -0.505 e. The van der Waals surface area contributed by atoms with Crippen LogP contribution in [0.15, 0.2) is 18.2 Å². The predicted octanol–water partition coefficient (Wildman–Crippen LogP) is 0.553. The molecule has 1 aromatic rings. The molecule has 1 rings (SSSR count). The Morgan fingerprint density at radius 3 is 2.42 bits per heavy atom. The lowest BCUT2D eigenvalue weighted by Crippen LogP contribution is -2.40. The molecule has 0 heterocycles. The Bertz CT molecular complexity index is 527. The Hall–Kier alpha value is -2.57. The third-order valence-corrected chi connectivity index (χ3v) is 2.34. The Kier molecular flexibility index (Phi) is 4.46. The smallest absolute Gasteiger partial charge is 0.339 e. The van der Waals surface area contributed by atoms with Gasteiger partial charge >= 0.3 is 5.97 Å². The molecule has 4 N–H and O–H groups in total. The van der Waals surface area contributed by atoms with Gasteiger partial charge in [-0.15, -0.1) is 0 Å². The second kappa shape index (κ2) is 5.85. The molecule has 0 radical (unpaired) electrons. The van der Waals surface area contributed by atoms with Gasteiger partial charge in [-0.05, 0) is 19.1 Å². The van der Waals surface area contributed by atoms with E-state index < -0.39 is 23.7 Å². The van der Waals surface area contributed by atoms with E-state index >= 15 is 0 Å². The van der Waals surface area contributed by atoms with E-state index in [2.05, 4.69) is 10.6 Å². The summed E-state index contributed by atoms with van der Waals surface area (Å²) in [6, 6.07) is 3.16. The number of hydrogen-bond acceptors (Lipinski definition) is 4. The molecule has 7 nitrogen and oxygen atoms in total. The highest BCUT2D eigenvalue weighted by molar-refractivity contribution is 6.00. The number of nitrogens with one attached hydrogen (secondary N) is 2. The average molecular weight is 266 g/mol. The van der Waals surface area contributed by atoms with Crippen LogP contribution in [0.4, 0.5) is 5.69 Å². The molecule has 0 aliphatic carbocycles. The molecule has 102 valence electrons. The highest BCUT2D eigenvalue weighted by Gasteiger charge is 2.18. The molecule has 2 amide bonds. The summed E-state index contributed by atoms with van der Waals surface area (Å²) in [6.07, 6.45) is 0. The van der Waals surface area contributed by atoms with E-state index in [1.54, 1.807) is 0 Å². The number of carboxylic acids is 1. The molecule has 1 unspecified atom stereocenters. The summed E-state index contributed by atoms with van der Waals surface area (Å²) in [5.74, 6) is -2.76. The first kappa shape index (κ1) is 14.5. The fourth-order valence-electron chi connectivity index (χ4n) is 1.43.